The van der Waals surface area contributed by atoms with Crippen molar-refractivity contribution in [2.24, 2.45) is 4.99 Å². The molecule has 2 bridgehead atoms. The first-order valence-electron chi connectivity index (χ1n) is 7.26. The lowest BCUT2D eigenvalue weighted by Crippen LogP contribution is -2.38. The number of para-hydroxylation sites is 1. The molecule has 3 aliphatic rings. The summed E-state index contributed by atoms with van der Waals surface area (Å²) in [4.78, 5) is 7.18. The molecule has 0 aliphatic carbocycles. The van der Waals surface area contributed by atoms with Crippen molar-refractivity contribution in [3.05, 3.63) is 29.8 Å². The number of benzene rings is 1. The number of ether oxygens (including phenoxy) is 1. The van der Waals surface area contributed by atoms with Crippen LogP contribution in [0.1, 0.15) is 12.0 Å². The Labute approximate surface area is 123 Å². The lowest BCUT2D eigenvalue weighted by atomic mass is 10.1. The number of rotatable bonds is 3. The molecule has 2 saturated heterocycles. The number of fused-ring (bicyclic) bond motifs is 3. The fourth-order valence-corrected chi connectivity index (χ4v) is 4.04. The Morgan fingerprint density at radius 1 is 1.40 bits per heavy atom. The van der Waals surface area contributed by atoms with Gasteiger partial charge in [-0.3, -0.25) is 9.89 Å². The molecule has 5 heteroatoms. The van der Waals surface area contributed by atoms with Crippen LogP contribution >= 0.6 is 11.8 Å². The molecule has 3 aliphatic heterocycles. The Kier molecular flexibility index (Phi) is 3.42. The lowest BCUT2D eigenvalue weighted by molar-refractivity contribution is 0.0334. The summed E-state index contributed by atoms with van der Waals surface area (Å²) < 4.78 is 5.63. The second kappa shape index (κ2) is 5.39. The highest BCUT2D eigenvalue weighted by Crippen LogP contribution is 2.28. The number of likely N-dealkylation sites (tertiary alicyclic amines) is 1. The SMILES string of the molecule is c1ccc2c(c1)CN=C(SCCN1C[C@@H]3C[C@H]1CO3)N2. The standard InChI is InChI=1S/C15H19N3OS/c1-2-4-14-11(3-1)8-16-15(17-14)20-6-5-18-9-13-7-12(18)10-19-13/h1-4,12-13H,5-10H2,(H,16,17)/t12-,13-/m0/s1. The summed E-state index contributed by atoms with van der Waals surface area (Å²) in [7, 11) is 0. The maximum Gasteiger partial charge on any atom is 0.161 e. The van der Waals surface area contributed by atoms with Crippen molar-refractivity contribution in [3.63, 3.8) is 0 Å². The monoisotopic (exact) mass is 289 g/mol. The molecule has 2 atom stereocenters. The fourth-order valence-electron chi connectivity index (χ4n) is 3.19. The van der Waals surface area contributed by atoms with Crippen LogP contribution in [-0.2, 0) is 11.3 Å². The van der Waals surface area contributed by atoms with Gasteiger partial charge in [-0.05, 0) is 18.1 Å². The number of thioether (sulfide) groups is 1. The van der Waals surface area contributed by atoms with Gasteiger partial charge in [-0.1, -0.05) is 30.0 Å². The van der Waals surface area contributed by atoms with Gasteiger partial charge in [0.15, 0.2) is 5.17 Å². The topological polar surface area (TPSA) is 36.9 Å². The maximum absolute atomic E-state index is 5.63. The van der Waals surface area contributed by atoms with Crippen molar-refractivity contribution >= 4 is 22.6 Å². The maximum atomic E-state index is 5.63. The first-order chi connectivity index (χ1) is 9.88. The number of aliphatic imine (C=N–C) groups is 1. The van der Waals surface area contributed by atoms with Crippen molar-refractivity contribution in [1.82, 2.24) is 4.90 Å². The molecule has 1 N–H and O–H groups in total. The molecule has 0 aromatic heterocycles. The van der Waals surface area contributed by atoms with Gasteiger partial charge in [0.1, 0.15) is 0 Å². The van der Waals surface area contributed by atoms with E-state index in [0.717, 1.165) is 37.2 Å². The Morgan fingerprint density at radius 2 is 2.35 bits per heavy atom. The van der Waals surface area contributed by atoms with Crippen molar-refractivity contribution in [3.8, 4) is 0 Å². The van der Waals surface area contributed by atoms with Gasteiger partial charge in [0.05, 0.1) is 19.3 Å². The van der Waals surface area contributed by atoms with E-state index < -0.39 is 0 Å². The Hall–Kier alpha value is -1.04. The molecular weight excluding hydrogens is 270 g/mol. The minimum Gasteiger partial charge on any atom is -0.375 e. The Balaban J connectivity index is 1.28. The number of hydrogen-bond donors (Lipinski definition) is 1. The third kappa shape index (κ3) is 2.45. The molecular formula is C15H19N3OS. The molecule has 106 valence electrons. The molecule has 0 unspecified atom stereocenters. The molecule has 0 saturated carbocycles. The molecule has 3 heterocycles. The van der Waals surface area contributed by atoms with Gasteiger partial charge in [-0.15, -0.1) is 0 Å². The van der Waals surface area contributed by atoms with Crippen molar-refractivity contribution in [2.75, 3.05) is 30.8 Å². The van der Waals surface area contributed by atoms with E-state index in [2.05, 4.69) is 39.5 Å². The van der Waals surface area contributed by atoms with Gasteiger partial charge >= 0.3 is 0 Å². The number of nitrogens with one attached hydrogen (secondary N) is 1. The summed E-state index contributed by atoms with van der Waals surface area (Å²) in [5.41, 5.74) is 2.49. The van der Waals surface area contributed by atoms with E-state index in [1.807, 2.05) is 11.8 Å². The number of hydrogen-bond acceptors (Lipinski definition) is 5. The van der Waals surface area contributed by atoms with Crippen LogP contribution in [0.15, 0.2) is 29.3 Å². The zero-order chi connectivity index (χ0) is 13.4. The molecule has 20 heavy (non-hydrogen) atoms. The number of anilines is 1. The van der Waals surface area contributed by atoms with Crippen LogP contribution in [0.25, 0.3) is 0 Å². The largest absolute Gasteiger partial charge is 0.375 e. The number of amidine groups is 1. The quantitative estimate of drug-likeness (QED) is 0.925. The second-order valence-corrected chi connectivity index (χ2v) is 6.68. The summed E-state index contributed by atoms with van der Waals surface area (Å²) in [6, 6.07) is 9.07. The van der Waals surface area contributed by atoms with Gasteiger partial charge in [-0.2, -0.15) is 0 Å². The first-order valence-corrected chi connectivity index (χ1v) is 8.25. The molecule has 1 aromatic carbocycles. The molecule has 4 nitrogen and oxygen atoms in total. The molecule has 0 spiro atoms. The van der Waals surface area contributed by atoms with Crippen molar-refractivity contribution in [1.29, 1.82) is 0 Å². The predicted molar refractivity (Wildman–Crippen MR) is 83.4 cm³/mol. The van der Waals surface area contributed by atoms with Gasteiger partial charge in [0.25, 0.3) is 0 Å². The molecule has 0 radical (unpaired) electrons. The highest BCUT2D eigenvalue weighted by molar-refractivity contribution is 8.14. The minimum absolute atomic E-state index is 0.502. The van der Waals surface area contributed by atoms with Crippen LogP contribution in [0.2, 0.25) is 0 Å². The van der Waals surface area contributed by atoms with E-state index in [4.69, 9.17) is 4.74 Å². The van der Waals surface area contributed by atoms with Gasteiger partial charge < -0.3 is 10.1 Å². The van der Waals surface area contributed by atoms with Gasteiger partial charge in [-0.25, -0.2) is 0 Å². The van der Waals surface area contributed by atoms with Gasteiger partial charge in [0, 0.05) is 30.6 Å². The average molecular weight is 289 g/mol. The van der Waals surface area contributed by atoms with Crippen molar-refractivity contribution < 1.29 is 4.74 Å². The Morgan fingerprint density at radius 3 is 3.20 bits per heavy atom. The summed E-state index contributed by atoms with van der Waals surface area (Å²) in [6.45, 7) is 3.99. The van der Waals surface area contributed by atoms with Crippen LogP contribution in [0.5, 0.6) is 0 Å². The normalized spacial score (nSPS) is 28.1. The first kappa shape index (κ1) is 12.7. The third-order valence-electron chi connectivity index (χ3n) is 4.28. The van der Waals surface area contributed by atoms with Crippen LogP contribution < -0.4 is 5.32 Å². The summed E-state index contributed by atoms with van der Waals surface area (Å²) in [5, 5.41) is 4.49. The van der Waals surface area contributed by atoms with Crippen LogP contribution in [-0.4, -0.2) is 47.7 Å². The zero-order valence-electron chi connectivity index (χ0n) is 11.4. The smallest absolute Gasteiger partial charge is 0.161 e. The Bertz CT molecular complexity index is 534. The van der Waals surface area contributed by atoms with E-state index in [9.17, 15) is 0 Å². The van der Waals surface area contributed by atoms with Crippen molar-refractivity contribution in [2.45, 2.75) is 25.1 Å². The summed E-state index contributed by atoms with van der Waals surface area (Å²) >= 11 is 1.83. The van der Waals surface area contributed by atoms with E-state index in [-0.39, 0.29) is 0 Å². The predicted octanol–water partition coefficient (Wildman–Crippen LogP) is 2.17. The second-order valence-electron chi connectivity index (χ2n) is 5.59. The average Bonchev–Trinajstić information content (AvgIpc) is 3.10. The summed E-state index contributed by atoms with van der Waals surface area (Å²) in [5.74, 6) is 1.09. The molecule has 1 aromatic rings. The highest BCUT2D eigenvalue weighted by Gasteiger charge is 2.38. The molecule has 0 amide bonds. The van der Waals surface area contributed by atoms with E-state index in [0.29, 0.717) is 12.1 Å². The zero-order valence-corrected chi connectivity index (χ0v) is 12.2. The number of morpholine rings is 1. The third-order valence-corrected chi connectivity index (χ3v) is 5.17. The fraction of sp³-hybridized carbons (Fsp3) is 0.533. The highest BCUT2D eigenvalue weighted by atomic mass is 32.2. The van der Waals surface area contributed by atoms with E-state index in [1.54, 1.807) is 0 Å². The van der Waals surface area contributed by atoms with Crippen LogP contribution in [0.4, 0.5) is 5.69 Å². The number of nitrogens with zero attached hydrogens (tertiary/aromatic N) is 2. The summed E-state index contributed by atoms with van der Waals surface area (Å²) in [6.07, 6.45) is 1.74. The van der Waals surface area contributed by atoms with E-state index >= 15 is 0 Å². The molecule has 2 fully saturated rings. The van der Waals surface area contributed by atoms with Gasteiger partial charge in [0.2, 0.25) is 0 Å². The minimum atomic E-state index is 0.502. The van der Waals surface area contributed by atoms with Crippen LogP contribution in [0.3, 0.4) is 0 Å². The molecule has 4 rings (SSSR count). The van der Waals surface area contributed by atoms with Crippen LogP contribution in [0, 0.1) is 0 Å². The van der Waals surface area contributed by atoms with E-state index in [1.165, 1.54) is 17.7 Å². The lowest BCUT2D eigenvalue weighted by Gasteiger charge is -2.26.